The van der Waals surface area contributed by atoms with E-state index in [0.29, 0.717) is 29.1 Å². The molecule has 2 rings (SSSR count). The molecule has 5 nitrogen and oxygen atoms in total. The zero-order valence-electron chi connectivity index (χ0n) is 16.9. The summed E-state index contributed by atoms with van der Waals surface area (Å²) in [7, 11) is 1.70. The largest absolute Gasteiger partial charge is 0.439 e. The Labute approximate surface area is 166 Å². The standard InChI is InChI=1S/C22H27FN4O/c1-6-7-16(4)26-20-13-18(8-9-19(20)23)28-21-10-11-25-22(27-21)17(14-24-5)12-15(2)3/h8-15,26H,4,6-7H2,1-3,5H3/b17-12+,24-14?. The Balaban J connectivity index is 2.25. The lowest BCUT2D eigenvalue weighted by Crippen LogP contribution is -2.01. The van der Waals surface area contributed by atoms with E-state index in [4.69, 9.17) is 4.74 Å². The third-order valence-corrected chi connectivity index (χ3v) is 3.69. The molecule has 0 bridgehead atoms. The predicted octanol–water partition coefficient (Wildman–Crippen LogP) is 5.87. The second-order valence-corrected chi connectivity index (χ2v) is 6.69. The first kappa shape index (κ1) is 21.3. The third kappa shape index (κ3) is 6.30. The highest BCUT2D eigenvalue weighted by molar-refractivity contribution is 6.08. The smallest absolute Gasteiger partial charge is 0.222 e. The van der Waals surface area contributed by atoms with Gasteiger partial charge in [0.05, 0.1) is 5.69 Å². The molecule has 0 aliphatic heterocycles. The van der Waals surface area contributed by atoms with Crippen LogP contribution in [0.2, 0.25) is 0 Å². The maximum atomic E-state index is 14.1. The van der Waals surface area contributed by atoms with Gasteiger partial charge in [-0.25, -0.2) is 9.37 Å². The fraction of sp³-hybridized carbons (Fsp3) is 0.318. The molecule has 0 aliphatic carbocycles. The number of hydrogen-bond donors (Lipinski definition) is 1. The number of nitrogens with one attached hydrogen (secondary N) is 1. The fourth-order valence-electron chi connectivity index (χ4n) is 2.55. The molecule has 0 fully saturated rings. The molecule has 0 saturated carbocycles. The van der Waals surface area contributed by atoms with Gasteiger partial charge in [-0.05, 0) is 24.5 Å². The molecular weight excluding hydrogens is 355 g/mol. The van der Waals surface area contributed by atoms with Crippen LogP contribution in [0.15, 0.2) is 53.8 Å². The van der Waals surface area contributed by atoms with E-state index >= 15 is 0 Å². The number of hydrogen-bond acceptors (Lipinski definition) is 5. The Hall–Kier alpha value is -3.02. The summed E-state index contributed by atoms with van der Waals surface area (Å²) in [6, 6.07) is 6.17. The van der Waals surface area contributed by atoms with Crippen LogP contribution in [0.4, 0.5) is 10.1 Å². The van der Waals surface area contributed by atoms with Crippen molar-refractivity contribution in [1.82, 2.24) is 9.97 Å². The second kappa shape index (κ2) is 10.3. The summed E-state index contributed by atoms with van der Waals surface area (Å²) in [5, 5.41) is 3.00. The number of ether oxygens (including phenoxy) is 1. The van der Waals surface area contributed by atoms with Crippen molar-refractivity contribution in [3.8, 4) is 11.6 Å². The average Bonchev–Trinajstić information content (AvgIpc) is 2.64. The van der Waals surface area contributed by atoms with Crippen LogP contribution in [0.5, 0.6) is 11.6 Å². The van der Waals surface area contributed by atoms with Gasteiger partial charge in [-0.15, -0.1) is 0 Å². The molecule has 1 N–H and O–H groups in total. The number of nitrogens with zero attached hydrogens (tertiary/aromatic N) is 3. The summed E-state index contributed by atoms with van der Waals surface area (Å²) in [4.78, 5) is 12.8. The van der Waals surface area contributed by atoms with Gasteiger partial charge in [0.15, 0.2) is 5.82 Å². The lowest BCUT2D eigenvalue weighted by Gasteiger charge is -2.12. The predicted molar refractivity (Wildman–Crippen MR) is 113 cm³/mol. The number of benzene rings is 1. The van der Waals surface area contributed by atoms with Crippen LogP contribution in [0.25, 0.3) is 5.57 Å². The van der Waals surface area contributed by atoms with Crippen molar-refractivity contribution in [1.29, 1.82) is 0 Å². The summed E-state index contributed by atoms with van der Waals surface area (Å²) in [5.74, 6) is 1.32. The first-order valence-corrected chi connectivity index (χ1v) is 9.32. The van der Waals surface area contributed by atoms with Crippen molar-refractivity contribution in [3.05, 3.63) is 60.5 Å². The maximum Gasteiger partial charge on any atom is 0.222 e. The SMILES string of the molecule is C=C(CCC)Nc1cc(Oc2ccnc(/C(C=NC)=C/C(C)C)n2)ccc1F. The molecular formula is C22H27FN4O. The first-order chi connectivity index (χ1) is 13.4. The van der Waals surface area contributed by atoms with E-state index in [1.165, 1.54) is 6.07 Å². The summed E-state index contributed by atoms with van der Waals surface area (Å²) in [5.41, 5.74) is 1.90. The van der Waals surface area contributed by atoms with Crippen LogP contribution in [-0.2, 0) is 0 Å². The van der Waals surface area contributed by atoms with E-state index in [1.54, 1.807) is 37.7 Å². The molecule has 1 heterocycles. The topological polar surface area (TPSA) is 59.4 Å². The van der Waals surface area contributed by atoms with Gasteiger partial charge < -0.3 is 10.1 Å². The first-order valence-electron chi connectivity index (χ1n) is 9.32. The van der Waals surface area contributed by atoms with Crippen LogP contribution in [-0.4, -0.2) is 23.2 Å². The lowest BCUT2D eigenvalue weighted by atomic mass is 10.1. The van der Waals surface area contributed by atoms with Crippen molar-refractivity contribution < 1.29 is 9.13 Å². The van der Waals surface area contributed by atoms with Crippen molar-refractivity contribution in [2.75, 3.05) is 12.4 Å². The maximum absolute atomic E-state index is 14.1. The van der Waals surface area contributed by atoms with Crippen LogP contribution >= 0.6 is 0 Å². The molecule has 2 aromatic rings. The Morgan fingerprint density at radius 2 is 2.14 bits per heavy atom. The average molecular weight is 382 g/mol. The van der Waals surface area contributed by atoms with Gasteiger partial charge in [0.25, 0.3) is 0 Å². The Morgan fingerprint density at radius 3 is 2.82 bits per heavy atom. The summed E-state index contributed by atoms with van der Waals surface area (Å²) < 4.78 is 19.9. The number of anilines is 1. The molecule has 1 aromatic carbocycles. The van der Waals surface area contributed by atoms with Crippen molar-refractivity contribution in [2.45, 2.75) is 33.6 Å². The monoisotopic (exact) mass is 382 g/mol. The van der Waals surface area contributed by atoms with Gasteiger partial charge in [-0.2, -0.15) is 4.98 Å². The molecule has 6 heteroatoms. The van der Waals surface area contributed by atoms with Gasteiger partial charge in [0.1, 0.15) is 11.6 Å². The Morgan fingerprint density at radius 1 is 1.36 bits per heavy atom. The molecule has 0 saturated heterocycles. The highest BCUT2D eigenvalue weighted by atomic mass is 19.1. The van der Waals surface area contributed by atoms with Crippen LogP contribution < -0.4 is 10.1 Å². The molecule has 0 radical (unpaired) electrons. The second-order valence-electron chi connectivity index (χ2n) is 6.69. The van der Waals surface area contributed by atoms with Crippen molar-refractivity contribution in [3.63, 3.8) is 0 Å². The van der Waals surface area contributed by atoms with E-state index in [1.807, 2.05) is 13.0 Å². The van der Waals surface area contributed by atoms with Crippen LogP contribution in [0, 0.1) is 11.7 Å². The van der Waals surface area contributed by atoms with Crippen LogP contribution in [0.1, 0.15) is 39.4 Å². The molecule has 0 aliphatic rings. The van der Waals surface area contributed by atoms with Crippen molar-refractivity contribution in [2.24, 2.45) is 10.9 Å². The number of allylic oxidation sites excluding steroid dienone is 3. The van der Waals surface area contributed by atoms with E-state index in [9.17, 15) is 4.39 Å². The molecule has 0 unspecified atom stereocenters. The van der Waals surface area contributed by atoms with Gasteiger partial charge in [-0.3, -0.25) is 4.99 Å². The number of rotatable bonds is 9. The summed E-state index contributed by atoms with van der Waals surface area (Å²) in [6.45, 7) is 10.1. The van der Waals surface area contributed by atoms with Gasteiger partial charge >= 0.3 is 0 Å². The summed E-state index contributed by atoms with van der Waals surface area (Å²) in [6.07, 6.45) is 7.08. The van der Waals surface area contributed by atoms with E-state index < -0.39 is 0 Å². The molecule has 0 spiro atoms. The minimum absolute atomic E-state index is 0.322. The zero-order valence-corrected chi connectivity index (χ0v) is 16.9. The fourth-order valence-corrected chi connectivity index (χ4v) is 2.55. The minimum Gasteiger partial charge on any atom is -0.439 e. The Bertz CT molecular complexity index is 875. The van der Waals surface area contributed by atoms with E-state index in [2.05, 4.69) is 40.7 Å². The molecule has 148 valence electrons. The van der Waals surface area contributed by atoms with Crippen molar-refractivity contribution >= 4 is 17.5 Å². The molecule has 0 amide bonds. The minimum atomic E-state index is -0.366. The van der Waals surface area contributed by atoms with Gasteiger partial charge in [-0.1, -0.05) is 39.8 Å². The quantitative estimate of drug-likeness (QED) is 0.551. The number of aromatic nitrogens is 2. The third-order valence-electron chi connectivity index (χ3n) is 3.69. The summed E-state index contributed by atoms with van der Waals surface area (Å²) >= 11 is 0. The van der Waals surface area contributed by atoms with Crippen LogP contribution in [0.3, 0.4) is 0 Å². The normalized spacial score (nSPS) is 11.9. The van der Waals surface area contributed by atoms with Gasteiger partial charge in [0.2, 0.25) is 5.88 Å². The lowest BCUT2D eigenvalue weighted by molar-refractivity contribution is 0.459. The highest BCUT2D eigenvalue weighted by Gasteiger charge is 2.09. The highest BCUT2D eigenvalue weighted by Crippen LogP contribution is 2.27. The van der Waals surface area contributed by atoms with E-state index in [-0.39, 0.29) is 5.82 Å². The molecule has 28 heavy (non-hydrogen) atoms. The number of aliphatic imine (C=N–C) groups is 1. The molecule has 0 atom stereocenters. The Kier molecular flexibility index (Phi) is 7.87. The van der Waals surface area contributed by atoms with Gasteiger partial charge in [0, 0.05) is 42.9 Å². The zero-order chi connectivity index (χ0) is 20.5. The van der Waals surface area contributed by atoms with E-state index in [0.717, 1.165) is 24.1 Å². The number of halogens is 1. The molecule has 1 aromatic heterocycles.